The molecule has 0 aliphatic heterocycles. The van der Waals surface area contributed by atoms with Crippen LogP contribution < -0.4 is 10.1 Å². The molecule has 2 aliphatic rings. The van der Waals surface area contributed by atoms with Gasteiger partial charge < -0.3 is 9.84 Å². The van der Waals surface area contributed by atoms with Crippen molar-refractivity contribution < 1.29 is 19.0 Å². The number of hydrogen-bond acceptors (Lipinski definition) is 3. The van der Waals surface area contributed by atoms with Gasteiger partial charge in [-0.1, -0.05) is 6.07 Å². The topological polar surface area (TPSA) is 58.6 Å². The highest BCUT2D eigenvalue weighted by atomic mass is 19.1. The van der Waals surface area contributed by atoms with Crippen molar-refractivity contribution in [1.29, 1.82) is 0 Å². The van der Waals surface area contributed by atoms with Crippen LogP contribution in [0, 0.1) is 12.7 Å². The molecule has 21 heavy (non-hydrogen) atoms. The van der Waals surface area contributed by atoms with Gasteiger partial charge in [0.1, 0.15) is 11.6 Å². The summed E-state index contributed by atoms with van der Waals surface area (Å²) in [5.74, 6) is -1.01. The van der Waals surface area contributed by atoms with E-state index in [-0.39, 0.29) is 11.9 Å². The number of carbonyl (C=O) groups is 1. The lowest BCUT2D eigenvalue weighted by atomic mass is 9.97. The number of rotatable bonds is 5. The summed E-state index contributed by atoms with van der Waals surface area (Å²) in [5, 5.41) is 12.8. The van der Waals surface area contributed by atoms with Crippen LogP contribution in [0.3, 0.4) is 0 Å². The smallest absolute Gasteiger partial charge is 0.324 e. The number of carboxylic acids is 1. The van der Waals surface area contributed by atoms with Gasteiger partial charge in [0.25, 0.3) is 0 Å². The monoisotopic (exact) mass is 293 g/mol. The maximum atomic E-state index is 13.7. The molecule has 3 rings (SSSR count). The summed E-state index contributed by atoms with van der Waals surface area (Å²) >= 11 is 0. The van der Waals surface area contributed by atoms with Gasteiger partial charge >= 0.3 is 5.97 Å². The minimum absolute atomic E-state index is 0.215. The van der Waals surface area contributed by atoms with Crippen LogP contribution in [0.5, 0.6) is 5.75 Å². The van der Waals surface area contributed by atoms with Gasteiger partial charge in [-0.2, -0.15) is 0 Å². The van der Waals surface area contributed by atoms with Gasteiger partial charge in [-0.25, -0.2) is 4.39 Å². The van der Waals surface area contributed by atoms with E-state index in [1.165, 1.54) is 6.07 Å². The van der Waals surface area contributed by atoms with Crippen LogP contribution in [-0.4, -0.2) is 28.8 Å². The molecule has 0 aromatic heterocycles. The maximum Gasteiger partial charge on any atom is 0.324 e. The first-order chi connectivity index (χ1) is 9.98. The van der Waals surface area contributed by atoms with Gasteiger partial charge in [-0.15, -0.1) is 0 Å². The van der Waals surface area contributed by atoms with Crippen molar-refractivity contribution in [3.8, 4) is 5.75 Å². The molecule has 0 spiro atoms. The Bertz CT molecular complexity index is 558. The number of halogens is 1. The highest BCUT2D eigenvalue weighted by Gasteiger charge is 2.49. The van der Waals surface area contributed by atoms with E-state index in [9.17, 15) is 14.3 Å². The quantitative estimate of drug-likeness (QED) is 0.876. The van der Waals surface area contributed by atoms with Crippen molar-refractivity contribution >= 4 is 5.97 Å². The Morgan fingerprint density at radius 2 is 2.19 bits per heavy atom. The van der Waals surface area contributed by atoms with Crippen LogP contribution in [0.4, 0.5) is 4.39 Å². The van der Waals surface area contributed by atoms with Crippen LogP contribution in [-0.2, 0) is 4.79 Å². The third kappa shape index (κ3) is 3.02. The highest BCUT2D eigenvalue weighted by Crippen LogP contribution is 2.36. The van der Waals surface area contributed by atoms with Crippen molar-refractivity contribution in [1.82, 2.24) is 5.32 Å². The lowest BCUT2D eigenvalue weighted by Gasteiger charge is -2.26. The summed E-state index contributed by atoms with van der Waals surface area (Å²) in [6.07, 6.45) is 3.34. The predicted molar refractivity (Wildman–Crippen MR) is 75.9 cm³/mol. The number of aryl methyl sites for hydroxylation is 1. The molecule has 2 N–H and O–H groups in total. The number of nitrogens with one attached hydrogen (secondary N) is 1. The van der Waals surface area contributed by atoms with E-state index in [4.69, 9.17) is 4.74 Å². The fraction of sp³-hybridized carbons (Fsp3) is 0.562. The third-order valence-corrected chi connectivity index (χ3v) is 4.32. The Kier molecular flexibility index (Phi) is 3.61. The molecule has 5 heteroatoms. The van der Waals surface area contributed by atoms with Crippen LogP contribution in [0.1, 0.15) is 37.7 Å². The minimum Gasteiger partial charge on any atom is -0.487 e. The zero-order valence-corrected chi connectivity index (χ0v) is 12.1. The number of hydrogen-bond donors (Lipinski definition) is 2. The Hall–Kier alpha value is -1.62. The molecule has 114 valence electrons. The average Bonchev–Trinajstić information content (AvgIpc) is 3.14. The number of ether oxygens (including phenoxy) is 1. The lowest BCUT2D eigenvalue weighted by molar-refractivity contribution is -0.145. The summed E-state index contributed by atoms with van der Waals surface area (Å²) < 4.78 is 19.5. The number of benzene rings is 1. The van der Waals surface area contributed by atoms with Gasteiger partial charge in [0, 0.05) is 12.5 Å². The average molecular weight is 293 g/mol. The molecule has 2 fully saturated rings. The standard InChI is InChI=1S/C16H20FNO3/c1-10-2-5-13(17)14(8-10)21-12-6-7-16(9-12,15(19)20)18-11-3-4-11/h2,5,8,11-12,18H,3-4,6-7,9H2,1H3,(H,19,20). The Morgan fingerprint density at radius 1 is 1.43 bits per heavy atom. The molecular weight excluding hydrogens is 273 g/mol. The first-order valence-corrected chi connectivity index (χ1v) is 7.42. The van der Waals surface area contributed by atoms with Gasteiger partial charge in [-0.05, 0) is 50.3 Å². The summed E-state index contributed by atoms with van der Waals surface area (Å²) in [6, 6.07) is 5.04. The number of carboxylic acid groups (broad SMARTS) is 1. The highest BCUT2D eigenvalue weighted by molar-refractivity contribution is 5.79. The van der Waals surface area contributed by atoms with Crippen molar-refractivity contribution in [2.75, 3.05) is 0 Å². The molecule has 4 nitrogen and oxygen atoms in total. The van der Waals surface area contributed by atoms with Gasteiger partial charge in [-0.3, -0.25) is 10.1 Å². The normalized spacial score (nSPS) is 28.6. The molecule has 2 aliphatic carbocycles. The van der Waals surface area contributed by atoms with E-state index in [1.807, 2.05) is 6.92 Å². The molecule has 0 saturated heterocycles. The molecule has 2 atom stereocenters. The molecule has 0 radical (unpaired) electrons. The Labute approximate surface area is 123 Å². The molecule has 1 aromatic rings. The molecule has 0 bridgehead atoms. The number of aliphatic carboxylic acids is 1. The van der Waals surface area contributed by atoms with E-state index in [0.29, 0.717) is 25.3 Å². The third-order valence-electron chi connectivity index (χ3n) is 4.32. The summed E-state index contributed by atoms with van der Waals surface area (Å²) in [6.45, 7) is 1.87. The second kappa shape index (κ2) is 5.30. The van der Waals surface area contributed by atoms with Crippen LogP contribution in [0.25, 0.3) is 0 Å². The molecular formula is C16H20FNO3. The molecule has 2 unspecified atom stereocenters. The Morgan fingerprint density at radius 3 is 2.86 bits per heavy atom. The van der Waals surface area contributed by atoms with E-state index in [2.05, 4.69) is 5.32 Å². The van der Waals surface area contributed by atoms with Gasteiger partial charge in [0.15, 0.2) is 11.6 Å². The second-order valence-corrected chi connectivity index (χ2v) is 6.22. The molecule has 0 heterocycles. The summed E-state index contributed by atoms with van der Waals surface area (Å²) in [4.78, 5) is 11.6. The van der Waals surface area contributed by atoms with Gasteiger partial charge in [0.05, 0.1) is 0 Å². The predicted octanol–water partition coefficient (Wildman–Crippen LogP) is 2.64. The van der Waals surface area contributed by atoms with Crippen molar-refractivity contribution in [2.24, 2.45) is 0 Å². The molecule has 1 aromatic carbocycles. The minimum atomic E-state index is -0.911. The van der Waals surface area contributed by atoms with Crippen LogP contribution in [0.2, 0.25) is 0 Å². The van der Waals surface area contributed by atoms with Crippen LogP contribution >= 0.6 is 0 Å². The Balaban J connectivity index is 1.70. The van der Waals surface area contributed by atoms with Crippen molar-refractivity contribution in [3.63, 3.8) is 0 Å². The van der Waals surface area contributed by atoms with E-state index in [0.717, 1.165) is 18.4 Å². The van der Waals surface area contributed by atoms with Crippen molar-refractivity contribution in [2.45, 2.75) is 56.7 Å². The second-order valence-electron chi connectivity index (χ2n) is 6.22. The van der Waals surface area contributed by atoms with E-state index >= 15 is 0 Å². The SMILES string of the molecule is Cc1ccc(F)c(OC2CCC(NC3CC3)(C(=O)O)C2)c1. The van der Waals surface area contributed by atoms with E-state index < -0.39 is 17.3 Å². The van der Waals surface area contributed by atoms with Gasteiger partial charge in [0.2, 0.25) is 0 Å². The summed E-state index contributed by atoms with van der Waals surface area (Å²) in [5.41, 5.74) is 0.0107. The van der Waals surface area contributed by atoms with Crippen LogP contribution in [0.15, 0.2) is 18.2 Å². The molecule has 2 saturated carbocycles. The fourth-order valence-corrected chi connectivity index (χ4v) is 2.99. The molecule has 0 amide bonds. The fourth-order valence-electron chi connectivity index (χ4n) is 2.99. The van der Waals surface area contributed by atoms with Crippen molar-refractivity contribution in [3.05, 3.63) is 29.6 Å². The zero-order valence-electron chi connectivity index (χ0n) is 12.1. The first-order valence-electron chi connectivity index (χ1n) is 7.42. The maximum absolute atomic E-state index is 13.7. The summed E-state index contributed by atoms with van der Waals surface area (Å²) in [7, 11) is 0. The zero-order chi connectivity index (χ0) is 15.0. The first kappa shape index (κ1) is 14.3. The lowest BCUT2D eigenvalue weighted by Crippen LogP contribution is -2.51. The largest absolute Gasteiger partial charge is 0.487 e. The van der Waals surface area contributed by atoms with E-state index in [1.54, 1.807) is 12.1 Å².